The Bertz CT molecular complexity index is 457. The third kappa shape index (κ3) is 2.24. The van der Waals surface area contributed by atoms with Crippen molar-refractivity contribution in [3.63, 3.8) is 0 Å². The molecule has 0 bridgehead atoms. The van der Waals surface area contributed by atoms with Gasteiger partial charge in [-0.25, -0.2) is 4.79 Å². The Morgan fingerprint density at radius 1 is 1.33 bits per heavy atom. The molecule has 2 rings (SSSR count). The van der Waals surface area contributed by atoms with Crippen LogP contribution in [0.5, 0.6) is 0 Å². The SMILES string of the molecule is COC(C)c1ccccc1C1(N=C=O)CCCC1. The van der Waals surface area contributed by atoms with Crippen molar-refractivity contribution in [2.75, 3.05) is 7.11 Å². The standard InChI is InChI=1S/C15H19NO2/c1-12(18-2)13-7-3-4-8-14(13)15(16-11-17)9-5-6-10-15/h3-4,7-8,12H,5-6,9-10H2,1-2H3. The summed E-state index contributed by atoms with van der Waals surface area (Å²) in [5.41, 5.74) is 1.88. The number of benzene rings is 1. The van der Waals surface area contributed by atoms with Gasteiger partial charge in [0.25, 0.3) is 0 Å². The van der Waals surface area contributed by atoms with E-state index in [1.54, 1.807) is 13.2 Å². The van der Waals surface area contributed by atoms with Gasteiger partial charge in [-0.05, 0) is 30.9 Å². The normalized spacial score (nSPS) is 19.2. The molecule has 0 aliphatic heterocycles. The predicted molar refractivity (Wildman–Crippen MR) is 70.1 cm³/mol. The van der Waals surface area contributed by atoms with Crippen LogP contribution in [0.1, 0.15) is 49.8 Å². The van der Waals surface area contributed by atoms with Crippen LogP contribution in [-0.2, 0) is 15.1 Å². The summed E-state index contributed by atoms with van der Waals surface area (Å²) in [6.07, 6.45) is 5.86. The number of methoxy groups -OCH3 is 1. The first-order valence-electron chi connectivity index (χ1n) is 6.45. The molecular formula is C15H19NO2. The highest BCUT2D eigenvalue weighted by Gasteiger charge is 2.37. The van der Waals surface area contributed by atoms with Crippen LogP contribution >= 0.6 is 0 Å². The van der Waals surface area contributed by atoms with Gasteiger partial charge in [-0.1, -0.05) is 37.1 Å². The lowest BCUT2D eigenvalue weighted by Gasteiger charge is -2.27. The molecule has 1 aliphatic carbocycles. The summed E-state index contributed by atoms with van der Waals surface area (Å²) in [5, 5.41) is 0. The van der Waals surface area contributed by atoms with E-state index in [1.807, 2.05) is 19.1 Å². The van der Waals surface area contributed by atoms with Crippen LogP contribution < -0.4 is 0 Å². The summed E-state index contributed by atoms with van der Waals surface area (Å²) in [4.78, 5) is 14.9. The number of hydrogen-bond acceptors (Lipinski definition) is 3. The maximum atomic E-state index is 10.8. The fourth-order valence-corrected chi connectivity index (χ4v) is 2.89. The highest BCUT2D eigenvalue weighted by Crippen LogP contribution is 2.44. The van der Waals surface area contributed by atoms with Crippen LogP contribution in [0.3, 0.4) is 0 Å². The average molecular weight is 245 g/mol. The summed E-state index contributed by atoms with van der Waals surface area (Å²) in [7, 11) is 1.70. The van der Waals surface area contributed by atoms with E-state index >= 15 is 0 Å². The largest absolute Gasteiger partial charge is 0.377 e. The van der Waals surface area contributed by atoms with Gasteiger partial charge in [0.15, 0.2) is 0 Å². The molecule has 1 fully saturated rings. The second-order valence-electron chi connectivity index (χ2n) is 4.91. The van der Waals surface area contributed by atoms with Gasteiger partial charge in [0.1, 0.15) is 0 Å². The zero-order valence-electron chi connectivity index (χ0n) is 11.0. The molecule has 0 aromatic heterocycles. The molecule has 0 spiro atoms. The molecule has 1 aromatic rings. The smallest absolute Gasteiger partial charge is 0.235 e. The average Bonchev–Trinajstić information content (AvgIpc) is 2.88. The predicted octanol–water partition coefficient (Wildman–Crippen LogP) is 3.50. The van der Waals surface area contributed by atoms with E-state index in [9.17, 15) is 4.79 Å². The van der Waals surface area contributed by atoms with Gasteiger partial charge < -0.3 is 4.74 Å². The maximum Gasteiger partial charge on any atom is 0.235 e. The number of aliphatic imine (C=N–C) groups is 1. The van der Waals surface area contributed by atoms with E-state index in [4.69, 9.17) is 4.74 Å². The van der Waals surface area contributed by atoms with Gasteiger partial charge in [0.05, 0.1) is 11.6 Å². The fourth-order valence-electron chi connectivity index (χ4n) is 2.89. The molecule has 0 N–H and O–H groups in total. The van der Waals surface area contributed by atoms with Gasteiger partial charge in [0.2, 0.25) is 6.08 Å². The molecule has 3 heteroatoms. The molecule has 1 atom stereocenters. The van der Waals surface area contributed by atoms with E-state index in [2.05, 4.69) is 17.1 Å². The van der Waals surface area contributed by atoms with Crippen LogP contribution in [0.2, 0.25) is 0 Å². The number of isocyanates is 1. The molecule has 0 saturated heterocycles. The van der Waals surface area contributed by atoms with E-state index in [1.165, 1.54) is 0 Å². The number of carbonyl (C=O) groups excluding carboxylic acids is 1. The first kappa shape index (κ1) is 13.0. The van der Waals surface area contributed by atoms with Crippen LogP contribution in [0.4, 0.5) is 0 Å². The minimum Gasteiger partial charge on any atom is -0.377 e. The van der Waals surface area contributed by atoms with E-state index in [0.717, 1.165) is 36.8 Å². The summed E-state index contributed by atoms with van der Waals surface area (Å²) < 4.78 is 5.42. The maximum absolute atomic E-state index is 10.8. The zero-order valence-corrected chi connectivity index (χ0v) is 11.0. The second-order valence-corrected chi connectivity index (χ2v) is 4.91. The topological polar surface area (TPSA) is 38.7 Å². The minimum absolute atomic E-state index is 0.0144. The molecule has 1 unspecified atom stereocenters. The number of rotatable bonds is 4. The fraction of sp³-hybridized carbons (Fsp3) is 0.533. The number of nitrogens with zero attached hydrogens (tertiary/aromatic N) is 1. The van der Waals surface area contributed by atoms with Crippen molar-refractivity contribution in [1.82, 2.24) is 0 Å². The summed E-state index contributed by atoms with van der Waals surface area (Å²) in [6, 6.07) is 8.13. The molecule has 0 heterocycles. The molecule has 0 radical (unpaired) electrons. The van der Waals surface area contributed by atoms with Crippen molar-refractivity contribution in [3.05, 3.63) is 35.4 Å². The van der Waals surface area contributed by atoms with Crippen LogP contribution in [0, 0.1) is 0 Å². The highest BCUT2D eigenvalue weighted by molar-refractivity contribution is 5.42. The van der Waals surface area contributed by atoms with Gasteiger partial charge in [-0.15, -0.1) is 0 Å². The first-order valence-corrected chi connectivity index (χ1v) is 6.45. The highest BCUT2D eigenvalue weighted by atomic mass is 16.5. The number of ether oxygens (including phenoxy) is 1. The van der Waals surface area contributed by atoms with Gasteiger partial charge >= 0.3 is 0 Å². The lowest BCUT2D eigenvalue weighted by molar-refractivity contribution is 0.117. The van der Waals surface area contributed by atoms with E-state index in [0.29, 0.717) is 0 Å². The molecule has 1 aromatic carbocycles. The summed E-state index contributed by atoms with van der Waals surface area (Å²) >= 11 is 0. The minimum atomic E-state index is -0.370. The molecule has 96 valence electrons. The Kier molecular flexibility index (Phi) is 3.95. The van der Waals surface area contributed by atoms with Gasteiger partial charge in [0, 0.05) is 7.11 Å². The molecule has 0 amide bonds. The lowest BCUT2D eigenvalue weighted by Crippen LogP contribution is -2.22. The van der Waals surface area contributed by atoms with Crippen molar-refractivity contribution >= 4 is 6.08 Å². The molecule has 1 saturated carbocycles. The Hall–Kier alpha value is -1.44. The third-order valence-electron chi connectivity index (χ3n) is 3.94. The van der Waals surface area contributed by atoms with Crippen molar-refractivity contribution in [2.45, 2.75) is 44.2 Å². The second kappa shape index (κ2) is 5.47. The van der Waals surface area contributed by atoms with Crippen LogP contribution in [0.15, 0.2) is 29.3 Å². The zero-order chi connectivity index (χ0) is 13.0. The Labute approximate surface area is 108 Å². The van der Waals surface area contributed by atoms with Crippen LogP contribution in [-0.4, -0.2) is 13.2 Å². The van der Waals surface area contributed by atoms with Crippen molar-refractivity contribution in [3.8, 4) is 0 Å². The number of hydrogen-bond donors (Lipinski definition) is 0. The van der Waals surface area contributed by atoms with Gasteiger partial charge in [-0.3, -0.25) is 0 Å². The Morgan fingerprint density at radius 3 is 2.61 bits per heavy atom. The lowest BCUT2D eigenvalue weighted by atomic mass is 9.84. The first-order chi connectivity index (χ1) is 8.73. The summed E-state index contributed by atoms with van der Waals surface area (Å²) in [5.74, 6) is 0. The van der Waals surface area contributed by atoms with Crippen molar-refractivity contribution in [2.24, 2.45) is 4.99 Å². The van der Waals surface area contributed by atoms with Gasteiger partial charge in [-0.2, -0.15) is 4.99 Å². The van der Waals surface area contributed by atoms with Crippen LogP contribution in [0.25, 0.3) is 0 Å². The third-order valence-corrected chi connectivity index (χ3v) is 3.94. The quantitative estimate of drug-likeness (QED) is 0.601. The molecule has 1 aliphatic rings. The molecule has 3 nitrogen and oxygen atoms in total. The van der Waals surface area contributed by atoms with Crippen molar-refractivity contribution in [1.29, 1.82) is 0 Å². The summed E-state index contributed by atoms with van der Waals surface area (Å²) in [6.45, 7) is 2.02. The Morgan fingerprint density at radius 2 is 2.00 bits per heavy atom. The molecule has 18 heavy (non-hydrogen) atoms. The Balaban J connectivity index is 2.51. The van der Waals surface area contributed by atoms with E-state index < -0.39 is 0 Å². The monoisotopic (exact) mass is 245 g/mol. The molecular weight excluding hydrogens is 226 g/mol. The van der Waals surface area contributed by atoms with E-state index in [-0.39, 0.29) is 11.6 Å². The van der Waals surface area contributed by atoms with Crippen molar-refractivity contribution < 1.29 is 9.53 Å².